The van der Waals surface area contributed by atoms with Crippen molar-refractivity contribution in [2.45, 2.75) is 39.5 Å². The van der Waals surface area contributed by atoms with Crippen LogP contribution in [0.4, 0.5) is 8.78 Å². The first-order valence-electron chi connectivity index (χ1n) is 7.04. The van der Waals surface area contributed by atoms with Gasteiger partial charge in [-0.1, -0.05) is 12.1 Å². The SMILES string of the molecule is CC(=O)NC(C)C(=O)OC(C)c1nc2ccccc2n1C(F)F. The van der Waals surface area contributed by atoms with E-state index in [1.807, 2.05) is 0 Å². The van der Waals surface area contributed by atoms with Crippen molar-refractivity contribution < 1.29 is 23.1 Å². The lowest BCUT2D eigenvalue weighted by atomic mass is 10.3. The fourth-order valence-electron chi connectivity index (χ4n) is 2.25. The summed E-state index contributed by atoms with van der Waals surface area (Å²) in [6.45, 7) is 1.36. The number of carbonyl (C=O) groups is 2. The summed E-state index contributed by atoms with van der Waals surface area (Å²) in [7, 11) is 0. The molecule has 6 nitrogen and oxygen atoms in total. The van der Waals surface area contributed by atoms with Gasteiger partial charge in [-0.3, -0.25) is 9.36 Å². The van der Waals surface area contributed by atoms with Gasteiger partial charge in [0.2, 0.25) is 5.91 Å². The van der Waals surface area contributed by atoms with Gasteiger partial charge in [-0.05, 0) is 26.0 Å². The predicted octanol–water partition coefficient (Wildman–Crippen LogP) is 2.56. The van der Waals surface area contributed by atoms with Crippen LogP contribution in [-0.2, 0) is 14.3 Å². The third kappa shape index (κ3) is 3.64. The number of fused-ring (bicyclic) bond motifs is 1. The van der Waals surface area contributed by atoms with E-state index in [0.717, 1.165) is 4.57 Å². The summed E-state index contributed by atoms with van der Waals surface area (Å²) in [6, 6.07) is 5.56. The zero-order valence-electron chi connectivity index (χ0n) is 12.9. The highest BCUT2D eigenvalue weighted by Crippen LogP contribution is 2.28. The van der Waals surface area contributed by atoms with E-state index < -0.39 is 24.7 Å². The number of para-hydroxylation sites is 2. The van der Waals surface area contributed by atoms with Crippen molar-refractivity contribution in [1.29, 1.82) is 0 Å². The molecule has 0 bridgehead atoms. The highest BCUT2D eigenvalue weighted by molar-refractivity contribution is 5.83. The number of esters is 1. The highest BCUT2D eigenvalue weighted by atomic mass is 19.3. The van der Waals surface area contributed by atoms with E-state index in [1.165, 1.54) is 26.8 Å². The van der Waals surface area contributed by atoms with Crippen molar-refractivity contribution in [3.8, 4) is 0 Å². The molecule has 0 spiro atoms. The third-order valence-electron chi connectivity index (χ3n) is 3.25. The number of nitrogens with zero attached hydrogens (tertiary/aromatic N) is 2. The minimum absolute atomic E-state index is 0.0513. The maximum atomic E-state index is 13.3. The van der Waals surface area contributed by atoms with E-state index in [0.29, 0.717) is 5.52 Å². The zero-order valence-corrected chi connectivity index (χ0v) is 12.9. The lowest BCUT2D eigenvalue weighted by molar-refractivity contribution is -0.152. The Bertz CT molecular complexity index is 730. The normalized spacial score (nSPS) is 13.8. The Balaban J connectivity index is 2.27. The molecule has 8 heteroatoms. The molecule has 1 aromatic carbocycles. The Hall–Kier alpha value is -2.51. The number of hydrogen-bond acceptors (Lipinski definition) is 4. The molecule has 124 valence electrons. The van der Waals surface area contributed by atoms with Crippen LogP contribution in [0, 0.1) is 0 Å². The molecule has 0 fully saturated rings. The van der Waals surface area contributed by atoms with Crippen LogP contribution in [0.15, 0.2) is 24.3 Å². The van der Waals surface area contributed by atoms with E-state index in [2.05, 4.69) is 10.3 Å². The molecule has 0 aliphatic carbocycles. The molecule has 2 unspecified atom stereocenters. The van der Waals surface area contributed by atoms with E-state index in [-0.39, 0.29) is 17.2 Å². The van der Waals surface area contributed by atoms with Gasteiger partial charge in [0.25, 0.3) is 0 Å². The van der Waals surface area contributed by atoms with E-state index in [4.69, 9.17) is 4.74 Å². The molecule has 2 aromatic rings. The number of imidazole rings is 1. The molecular formula is C15H17F2N3O3. The largest absolute Gasteiger partial charge is 0.453 e. The number of nitrogens with one attached hydrogen (secondary N) is 1. The van der Waals surface area contributed by atoms with Crippen molar-refractivity contribution in [3.63, 3.8) is 0 Å². The molecule has 1 amide bonds. The number of aromatic nitrogens is 2. The monoisotopic (exact) mass is 325 g/mol. The molecule has 1 N–H and O–H groups in total. The standard InChI is InChI=1S/C15H17F2N3O3/c1-8(18-10(3)21)14(22)23-9(2)13-19-11-6-4-5-7-12(11)20(13)15(16)17/h4-9,15H,1-3H3,(H,18,21). The second kappa shape index (κ2) is 6.72. The van der Waals surface area contributed by atoms with Crippen LogP contribution in [0.1, 0.15) is 39.2 Å². The van der Waals surface area contributed by atoms with Crippen LogP contribution < -0.4 is 5.32 Å². The predicted molar refractivity (Wildman–Crippen MR) is 78.8 cm³/mol. The second-order valence-electron chi connectivity index (χ2n) is 5.11. The minimum atomic E-state index is -2.81. The van der Waals surface area contributed by atoms with Gasteiger partial charge >= 0.3 is 12.5 Å². The van der Waals surface area contributed by atoms with Gasteiger partial charge in [0.05, 0.1) is 11.0 Å². The molecule has 0 saturated heterocycles. The Morgan fingerprint density at radius 2 is 1.91 bits per heavy atom. The number of rotatable bonds is 5. The van der Waals surface area contributed by atoms with Gasteiger partial charge in [0.1, 0.15) is 6.04 Å². The van der Waals surface area contributed by atoms with E-state index >= 15 is 0 Å². The summed E-state index contributed by atoms with van der Waals surface area (Å²) in [5.74, 6) is -1.16. The molecular weight excluding hydrogens is 308 g/mol. The summed E-state index contributed by atoms with van der Waals surface area (Å²) in [5, 5.41) is 2.37. The van der Waals surface area contributed by atoms with Crippen LogP contribution >= 0.6 is 0 Å². The molecule has 0 aliphatic heterocycles. The highest BCUT2D eigenvalue weighted by Gasteiger charge is 2.26. The Kier molecular flexibility index (Phi) is 4.92. The quantitative estimate of drug-likeness (QED) is 0.858. The number of hydrogen-bond donors (Lipinski definition) is 1. The maximum absolute atomic E-state index is 13.3. The summed E-state index contributed by atoms with van der Waals surface area (Å²) in [5.41, 5.74) is 0.649. The molecule has 23 heavy (non-hydrogen) atoms. The lowest BCUT2D eigenvalue weighted by Gasteiger charge is -2.18. The molecule has 0 aliphatic rings. The maximum Gasteiger partial charge on any atom is 0.329 e. The fourth-order valence-corrected chi connectivity index (χ4v) is 2.25. The fraction of sp³-hybridized carbons (Fsp3) is 0.400. The summed E-state index contributed by atoms with van der Waals surface area (Å²) >= 11 is 0. The van der Waals surface area contributed by atoms with Crippen LogP contribution in [0.5, 0.6) is 0 Å². The van der Waals surface area contributed by atoms with Crippen LogP contribution in [-0.4, -0.2) is 27.5 Å². The third-order valence-corrected chi connectivity index (χ3v) is 3.25. The smallest absolute Gasteiger partial charge is 0.329 e. The molecule has 0 radical (unpaired) electrons. The minimum Gasteiger partial charge on any atom is -0.453 e. The molecule has 0 saturated carbocycles. The van der Waals surface area contributed by atoms with Crippen molar-refractivity contribution in [1.82, 2.24) is 14.9 Å². The van der Waals surface area contributed by atoms with Crippen molar-refractivity contribution in [3.05, 3.63) is 30.1 Å². The number of carbonyl (C=O) groups excluding carboxylic acids is 2. The molecule has 2 rings (SSSR count). The van der Waals surface area contributed by atoms with E-state index in [9.17, 15) is 18.4 Å². The zero-order chi connectivity index (χ0) is 17.1. The van der Waals surface area contributed by atoms with Gasteiger partial charge < -0.3 is 10.1 Å². The Morgan fingerprint density at radius 1 is 1.26 bits per heavy atom. The van der Waals surface area contributed by atoms with Crippen molar-refractivity contribution in [2.75, 3.05) is 0 Å². The first kappa shape index (κ1) is 16.9. The average Bonchev–Trinajstić information content (AvgIpc) is 2.85. The van der Waals surface area contributed by atoms with Crippen LogP contribution in [0.2, 0.25) is 0 Å². The first-order valence-corrected chi connectivity index (χ1v) is 7.04. The topological polar surface area (TPSA) is 73.2 Å². The lowest BCUT2D eigenvalue weighted by Crippen LogP contribution is -2.38. The summed E-state index contributed by atoms with van der Waals surface area (Å²) in [6.07, 6.45) is -0.986. The van der Waals surface area contributed by atoms with Crippen LogP contribution in [0.25, 0.3) is 11.0 Å². The van der Waals surface area contributed by atoms with Gasteiger partial charge in [0.15, 0.2) is 11.9 Å². The van der Waals surface area contributed by atoms with Gasteiger partial charge in [-0.25, -0.2) is 9.78 Å². The number of alkyl halides is 2. The Labute approximate surface area is 131 Å². The van der Waals surface area contributed by atoms with E-state index in [1.54, 1.807) is 18.2 Å². The van der Waals surface area contributed by atoms with Gasteiger partial charge in [0, 0.05) is 6.92 Å². The number of halogens is 2. The van der Waals surface area contributed by atoms with Crippen LogP contribution in [0.3, 0.4) is 0 Å². The molecule has 1 heterocycles. The second-order valence-corrected chi connectivity index (χ2v) is 5.11. The number of ether oxygens (including phenoxy) is 1. The average molecular weight is 325 g/mol. The Morgan fingerprint density at radius 3 is 2.52 bits per heavy atom. The number of benzene rings is 1. The first-order chi connectivity index (χ1) is 10.8. The summed E-state index contributed by atoms with van der Waals surface area (Å²) < 4.78 is 32.6. The van der Waals surface area contributed by atoms with Crippen molar-refractivity contribution >= 4 is 22.9 Å². The summed E-state index contributed by atoms with van der Waals surface area (Å²) in [4.78, 5) is 27.0. The number of amides is 1. The van der Waals surface area contributed by atoms with Crippen molar-refractivity contribution in [2.24, 2.45) is 0 Å². The van der Waals surface area contributed by atoms with Gasteiger partial charge in [-0.15, -0.1) is 0 Å². The molecule has 1 aromatic heterocycles. The molecule has 2 atom stereocenters. The van der Waals surface area contributed by atoms with Gasteiger partial charge in [-0.2, -0.15) is 8.78 Å².